The van der Waals surface area contributed by atoms with E-state index in [1.807, 2.05) is 12.1 Å². The van der Waals surface area contributed by atoms with Crippen LogP contribution in [0.2, 0.25) is 0 Å². The number of rotatable bonds is 4. The molecule has 0 amide bonds. The van der Waals surface area contributed by atoms with Crippen molar-refractivity contribution in [3.05, 3.63) is 48.6 Å². The van der Waals surface area contributed by atoms with Crippen molar-refractivity contribution < 1.29 is 4.74 Å². The van der Waals surface area contributed by atoms with E-state index in [1.54, 1.807) is 5.57 Å². The Morgan fingerprint density at radius 3 is 2.97 bits per heavy atom. The fourth-order valence-corrected chi connectivity index (χ4v) is 6.16. The minimum absolute atomic E-state index is 0.152. The lowest BCUT2D eigenvalue weighted by atomic mass is 9.59. The summed E-state index contributed by atoms with van der Waals surface area (Å²) in [4.78, 5) is 4.76. The minimum atomic E-state index is -0.152. The fraction of sp³-hybridized carbons (Fsp3) is 0.500. The van der Waals surface area contributed by atoms with Crippen LogP contribution < -0.4 is 10.1 Å². The van der Waals surface area contributed by atoms with Crippen molar-refractivity contribution in [2.24, 2.45) is 23.2 Å². The number of aromatic nitrogens is 3. The molecule has 2 aromatic rings. The van der Waals surface area contributed by atoms with Crippen molar-refractivity contribution in [3.8, 4) is 17.1 Å². The van der Waals surface area contributed by atoms with Gasteiger partial charge in [0.15, 0.2) is 11.9 Å². The van der Waals surface area contributed by atoms with Gasteiger partial charge in [0.25, 0.3) is 0 Å². The molecular weight excluding hydrogens is 416 g/mol. The quantitative estimate of drug-likeness (QED) is 0.434. The summed E-state index contributed by atoms with van der Waals surface area (Å²) in [5.74, 6) is 2.84. The fourth-order valence-electron chi connectivity index (χ4n) is 5.65. The maximum Gasteiger partial charge on any atom is 0.247 e. The van der Waals surface area contributed by atoms with Crippen molar-refractivity contribution in [1.82, 2.24) is 15.2 Å². The summed E-state index contributed by atoms with van der Waals surface area (Å²) in [5.41, 5.74) is 4.73. The molecule has 1 saturated carbocycles. The Labute approximate surface area is 195 Å². The number of hydrogen-bond acceptors (Lipinski definition) is 6. The maximum atomic E-state index is 6.63. The summed E-state index contributed by atoms with van der Waals surface area (Å²) in [7, 11) is 0. The van der Waals surface area contributed by atoms with E-state index in [4.69, 9.17) is 9.72 Å². The van der Waals surface area contributed by atoms with Gasteiger partial charge in [0.05, 0.1) is 0 Å². The molecular formula is C26H32N4OS. The van der Waals surface area contributed by atoms with Gasteiger partial charge in [0.1, 0.15) is 0 Å². The molecule has 2 heterocycles. The molecule has 0 spiro atoms. The number of allylic oxidation sites excluding steroid dienone is 2. The highest BCUT2D eigenvalue weighted by atomic mass is 32.2. The number of fused-ring (bicyclic) bond motifs is 4. The molecule has 1 aromatic heterocycles. The smallest absolute Gasteiger partial charge is 0.247 e. The van der Waals surface area contributed by atoms with Gasteiger partial charge in [-0.3, -0.25) is 0 Å². The highest BCUT2D eigenvalue weighted by Gasteiger charge is 2.44. The average molecular weight is 449 g/mol. The molecule has 6 heteroatoms. The number of para-hydroxylation sites is 1. The lowest BCUT2D eigenvalue weighted by Gasteiger charge is -2.48. The van der Waals surface area contributed by atoms with E-state index in [-0.39, 0.29) is 6.23 Å². The second kappa shape index (κ2) is 8.54. The van der Waals surface area contributed by atoms with Crippen LogP contribution in [0.15, 0.2) is 53.7 Å². The van der Waals surface area contributed by atoms with Crippen LogP contribution in [0.1, 0.15) is 46.5 Å². The van der Waals surface area contributed by atoms with Gasteiger partial charge < -0.3 is 10.1 Å². The Morgan fingerprint density at radius 2 is 2.12 bits per heavy atom. The van der Waals surface area contributed by atoms with E-state index < -0.39 is 0 Å². The first kappa shape index (κ1) is 21.5. The van der Waals surface area contributed by atoms with Crippen molar-refractivity contribution in [2.75, 3.05) is 11.1 Å². The number of benzene rings is 1. The molecule has 0 unspecified atom stereocenters. The Kier molecular flexibility index (Phi) is 5.74. The van der Waals surface area contributed by atoms with Crippen LogP contribution in [0.5, 0.6) is 5.88 Å². The third-order valence-corrected chi connectivity index (χ3v) is 8.29. The summed E-state index contributed by atoms with van der Waals surface area (Å²) in [6.07, 6.45) is 8.95. The lowest BCUT2D eigenvalue weighted by molar-refractivity contribution is 0.0519. The largest absolute Gasteiger partial charge is 0.452 e. The van der Waals surface area contributed by atoms with Gasteiger partial charge in [0, 0.05) is 22.9 Å². The summed E-state index contributed by atoms with van der Waals surface area (Å²) in [5, 5.41) is 13.2. The highest BCUT2D eigenvalue weighted by Crippen LogP contribution is 2.52. The molecule has 1 fully saturated rings. The first-order valence-electron chi connectivity index (χ1n) is 11.7. The van der Waals surface area contributed by atoms with Crippen LogP contribution in [-0.4, -0.2) is 27.2 Å². The normalized spacial score (nSPS) is 28.0. The number of thioether (sulfide) groups is 1. The maximum absolute atomic E-state index is 6.63. The molecule has 3 aliphatic rings. The predicted octanol–water partition coefficient (Wildman–Crippen LogP) is 6.36. The molecule has 5 rings (SSSR count). The monoisotopic (exact) mass is 448 g/mol. The third-order valence-electron chi connectivity index (χ3n) is 7.46. The molecule has 5 nitrogen and oxygen atoms in total. The Balaban J connectivity index is 1.51. The van der Waals surface area contributed by atoms with E-state index in [0.717, 1.165) is 29.8 Å². The molecule has 0 saturated heterocycles. The zero-order chi connectivity index (χ0) is 22.3. The number of anilines is 1. The Hall–Kier alpha value is -2.34. The second-order valence-electron chi connectivity index (χ2n) is 10.0. The summed E-state index contributed by atoms with van der Waals surface area (Å²) in [6.45, 7) is 11.0. The highest BCUT2D eigenvalue weighted by molar-refractivity contribution is 7.99. The summed E-state index contributed by atoms with van der Waals surface area (Å²) in [6, 6.07) is 8.25. The van der Waals surface area contributed by atoms with Crippen LogP contribution in [-0.2, 0) is 0 Å². The van der Waals surface area contributed by atoms with E-state index >= 15 is 0 Å². The molecule has 1 N–H and O–H groups in total. The van der Waals surface area contributed by atoms with E-state index in [0.29, 0.717) is 39.9 Å². The zero-order valence-corrected chi connectivity index (χ0v) is 20.0. The van der Waals surface area contributed by atoms with Gasteiger partial charge in [-0.05, 0) is 49.0 Å². The van der Waals surface area contributed by atoms with Crippen LogP contribution in [0.4, 0.5) is 5.69 Å². The average Bonchev–Trinajstić information content (AvgIpc) is 2.93. The lowest BCUT2D eigenvalue weighted by Crippen LogP contribution is -2.45. The van der Waals surface area contributed by atoms with Crippen molar-refractivity contribution in [3.63, 3.8) is 0 Å². The molecule has 2 aliphatic carbocycles. The SMILES string of the molecule is C=CCSc1nnc2c(n1)O[C@H]([C@@H]1C[C@@H]3C(=CCCC3(C)C)C[C@@H]1C)Nc1ccccc1-2. The van der Waals surface area contributed by atoms with Crippen molar-refractivity contribution >= 4 is 17.4 Å². The number of ether oxygens (including phenoxy) is 1. The molecule has 1 aromatic carbocycles. The molecule has 1 aliphatic heterocycles. The summed E-state index contributed by atoms with van der Waals surface area (Å²) >= 11 is 1.52. The molecule has 32 heavy (non-hydrogen) atoms. The number of nitrogens with one attached hydrogen (secondary N) is 1. The van der Waals surface area contributed by atoms with Gasteiger partial charge in [-0.1, -0.05) is 68.5 Å². The first-order chi connectivity index (χ1) is 15.5. The van der Waals surface area contributed by atoms with Crippen LogP contribution in [0.3, 0.4) is 0 Å². The van der Waals surface area contributed by atoms with Crippen LogP contribution in [0, 0.1) is 23.2 Å². The van der Waals surface area contributed by atoms with Gasteiger partial charge in [-0.2, -0.15) is 4.98 Å². The first-order valence-corrected chi connectivity index (χ1v) is 12.6. The Morgan fingerprint density at radius 1 is 1.28 bits per heavy atom. The number of hydrogen-bond donors (Lipinski definition) is 1. The molecule has 4 atom stereocenters. The number of nitrogens with zero attached hydrogens (tertiary/aromatic N) is 3. The third kappa shape index (κ3) is 3.94. The Bertz CT molecular complexity index is 1050. The molecule has 0 bridgehead atoms. The van der Waals surface area contributed by atoms with Gasteiger partial charge >= 0.3 is 0 Å². The van der Waals surface area contributed by atoms with Crippen LogP contribution in [0.25, 0.3) is 11.3 Å². The van der Waals surface area contributed by atoms with Gasteiger partial charge in [0.2, 0.25) is 11.0 Å². The van der Waals surface area contributed by atoms with E-state index in [9.17, 15) is 0 Å². The van der Waals surface area contributed by atoms with Crippen molar-refractivity contribution in [1.29, 1.82) is 0 Å². The predicted molar refractivity (Wildman–Crippen MR) is 131 cm³/mol. The van der Waals surface area contributed by atoms with E-state index in [2.05, 4.69) is 67.1 Å². The van der Waals surface area contributed by atoms with Gasteiger partial charge in [-0.25, -0.2) is 0 Å². The van der Waals surface area contributed by atoms with E-state index in [1.165, 1.54) is 24.6 Å². The van der Waals surface area contributed by atoms with Gasteiger partial charge in [-0.15, -0.1) is 16.8 Å². The van der Waals surface area contributed by atoms with Crippen LogP contribution >= 0.6 is 11.8 Å². The zero-order valence-electron chi connectivity index (χ0n) is 19.2. The summed E-state index contributed by atoms with van der Waals surface area (Å²) < 4.78 is 6.63. The standard InChI is InChI=1S/C26H32N4OS/c1-5-13-32-25-28-24-22(29-30-25)18-10-6-7-11-21(18)27-23(31-24)19-15-20-17(14-16(19)2)9-8-12-26(20,3)4/h5-7,9-11,16,19-20,23,27H,1,8,12-15H2,2-4H3/t16-,19+,20+,23+/m0/s1. The second-order valence-corrected chi connectivity index (χ2v) is 11.0. The molecule has 168 valence electrons. The molecule has 0 radical (unpaired) electrons. The van der Waals surface area contributed by atoms with Crippen molar-refractivity contribution in [2.45, 2.75) is 57.8 Å². The topological polar surface area (TPSA) is 59.9 Å². The minimum Gasteiger partial charge on any atom is -0.452 e.